The van der Waals surface area contributed by atoms with Gasteiger partial charge in [-0.05, 0) is 12.1 Å². The van der Waals surface area contributed by atoms with Gasteiger partial charge in [0.2, 0.25) is 5.91 Å². The maximum atomic E-state index is 11.5. The van der Waals surface area contributed by atoms with Crippen LogP contribution >= 0.6 is 11.6 Å². The molecule has 1 aliphatic heterocycles. The lowest BCUT2D eigenvalue weighted by Gasteiger charge is -2.29. The van der Waals surface area contributed by atoms with Crippen molar-refractivity contribution in [2.24, 2.45) is 0 Å². The largest absolute Gasteiger partial charge is 0.465 e. The molecule has 5 nitrogen and oxygen atoms in total. The minimum absolute atomic E-state index is 0.0548. The van der Waals surface area contributed by atoms with E-state index >= 15 is 0 Å². The van der Waals surface area contributed by atoms with Gasteiger partial charge in [-0.1, -0.05) is 17.7 Å². The normalized spacial score (nSPS) is 15.2. The van der Waals surface area contributed by atoms with Crippen molar-refractivity contribution < 1.29 is 14.3 Å². The third kappa shape index (κ3) is 2.41. The standard InChI is InChI=1S/C12H13ClN2O3/c1-18-12(17)8-3-2-4-9(11(8)13)15-6-5-14-10(16)7-15/h2-4H,5-7H2,1H3,(H,14,16). The highest BCUT2D eigenvalue weighted by atomic mass is 35.5. The average molecular weight is 269 g/mol. The molecule has 1 aromatic rings. The van der Waals surface area contributed by atoms with Crippen molar-refractivity contribution >= 4 is 29.2 Å². The van der Waals surface area contributed by atoms with Crippen LogP contribution in [0, 0.1) is 0 Å². The maximum Gasteiger partial charge on any atom is 0.339 e. The lowest BCUT2D eigenvalue weighted by atomic mass is 10.1. The Balaban J connectivity index is 2.33. The van der Waals surface area contributed by atoms with E-state index in [-0.39, 0.29) is 12.5 Å². The number of ether oxygens (including phenoxy) is 1. The molecule has 1 amide bonds. The molecule has 0 unspecified atom stereocenters. The summed E-state index contributed by atoms with van der Waals surface area (Å²) in [7, 11) is 1.31. The van der Waals surface area contributed by atoms with Crippen LogP contribution in [-0.2, 0) is 9.53 Å². The molecule has 0 bridgehead atoms. The fourth-order valence-corrected chi connectivity index (χ4v) is 2.20. The van der Waals surface area contributed by atoms with Gasteiger partial charge in [-0.15, -0.1) is 0 Å². The Morgan fingerprint density at radius 1 is 1.50 bits per heavy atom. The number of nitrogens with one attached hydrogen (secondary N) is 1. The number of piperazine rings is 1. The third-order valence-electron chi connectivity index (χ3n) is 2.76. The van der Waals surface area contributed by atoms with Crippen LogP contribution in [0.25, 0.3) is 0 Å². The van der Waals surface area contributed by atoms with Crippen molar-refractivity contribution in [2.45, 2.75) is 0 Å². The van der Waals surface area contributed by atoms with Gasteiger partial charge in [0.1, 0.15) is 0 Å². The van der Waals surface area contributed by atoms with Gasteiger partial charge in [0.25, 0.3) is 0 Å². The van der Waals surface area contributed by atoms with Crippen molar-refractivity contribution in [1.82, 2.24) is 5.32 Å². The van der Waals surface area contributed by atoms with Gasteiger partial charge in [-0.25, -0.2) is 4.79 Å². The predicted molar refractivity (Wildman–Crippen MR) is 68.0 cm³/mol. The Bertz CT molecular complexity index is 490. The molecule has 1 heterocycles. The summed E-state index contributed by atoms with van der Waals surface area (Å²) in [5.74, 6) is -0.538. The number of amides is 1. The van der Waals surface area contributed by atoms with Gasteiger partial charge >= 0.3 is 5.97 Å². The van der Waals surface area contributed by atoms with Crippen LogP contribution in [0.15, 0.2) is 18.2 Å². The van der Waals surface area contributed by atoms with Crippen LogP contribution in [0.1, 0.15) is 10.4 Å². The first-order chi connectivity index (χ1) is 8.63. The average Bonchev–Trinajstić information content (AvgIpc) is 2.38. The molecular formula is C12H13ClN2O3. The molecule has 0 aliphatic carbocycles. The fourth-order valence-electron chi connectivity index (χ4n) is 1.88. The third-order valence-corrected chi connectivity index (χ3v) is 3.16. The molecule has 2 rings (SSSR count). The van der Waals surface area contributed by atoms with Gasteiger partial charge in [0, 0.05) is 13.1 Å². The number of anilines is 1. The van der Waals surface area contributed by atoms with Gasteiger partial charge in [0.05, 0.1) is 29.9 Å². The van der Waals surface area contributed by atoms with Crippen LogP contribution in [0.2, 0.25) is 5.02 Å². The molecule has 0 saturated carbocycles. The summed E-state index contributed by atoms with van der Waals surface area (Å²) in [6.07, 6.45) is 0. The van der Waals surface area contributed by atoms with Crippen molar-refractivity contribution in [3.05, 3.63) is 28.8 Å². The second-order valence-corrected chi connectivity index (χ2v) is 4.28. The Morgan fingerprint density at radius 3 is 2.94 bits per heavy atom. The van der Waals surface area contributed by atoms with Gasteiger partial charge in [-0.3, -0.25) is 4.79 Å². The lowest BCUT2D eigenvalue weighted by molar-refractivity contribution is -0.120. The van der Waals surface area contributed by atoms with E-state index in [0.29, 0.717) is 29.4 Å². The minimum Gasteiger partial charge on any atom is -0.465 e. The number of esters is 1. The summed E-state index contributed by atoms with van der Waals surface area (Å²) in [4.78, 5) is 24.7. The number of rotatable bonds is 2. The molecule has 0 aromatic heterocycles. The quantitative estimate of drug-likeness (QED) is 0.815. The Hall–Kier alpha value is -1.75. The molecule has 0 spiro atoms. The predicted octanol–water partition coefficient (Wildman–Crippen LogP) is 1.06. The highest BCUT2D eigenvalue weighted by molar-refractivity contribution is 6.36. The summed E-state index contributed by atoms with van der Waals surface area (Å²) in [6.45, 7) is 1.47. The topological polar surface area (TPSA) is 58.6 Å². The second-order valence-electron chi connectivity index (χ2n) is 3.90. The SMILES string of the molecule is COC(=O)c1cccc(N2CCNC(=O)C2)c1Cl. The molecule has 1 N–H and O–H groups in total. The van der Waals surface area contributed by atoms with E-state index in [2.05, 4.69) is 10.1 Å². The number of hydrogen-bond acceptors (Lipinski definition) is 4. The Labute approximate surface area is 110 Å². The molecule has 1 fully saturated rings. The first kappa shape index (κ1) is 12.7. The van der Waals surface area contributed by atoms with E-state index in [1.165, 1.54) is 7.11 Å². The van der Waals surface area contributed by atoms with E-state index in [9.17, 15) is 9.59 Å². The van der Waals surface area contributed by atoms with Crippen LogP contribution < -0.4 is 10.2 Å². The summed E-state index contributed by atoms with van der Waals surface area (Å²) in [5, 5.41) is 3.05. The minimum atomic E-state index is -0.483. The highest BCUT2D eigenvalue weighted by Gasteiger charge is 2.21. The maximum absolute atomic E-state index is 11.5. The number of halogens is 1. The molecule has 1 saturated heterocycles. The van der Waals surface area contributed by atoms with Gasteiger partial charge < -0.3 is 15.0 Å². The van der Waals surface area contributed by atoms with Crippen LogP contribution in [0.5, 0.6) is 0 Å². The molecule has 18 heavy (non-hydrogen) atoms. The molecule has 1 aliphatic rings. The summed E-state index contributed by atoms with van der Waals surface area (Å²) >= 11 is 6.19. The number of nitrogens with zero attached hydrogens (tertiary/aromatic N) is 1. The summed E-state index contributed by atoms with van der Waals surface area (Å²) in [5.41, 5.74) is 0.983. The van der Waals surface area contributed by atoms with Crippen molar-refractivity contribution in [2.75, 3.05) is 31.6 Å². The second kappa shape index (κ2) is 5.27. The zero-order chi connectivity index (χ0) is 13.1. The lowest BCUT2D eigenvalue weighted by Crippen LogP contribution is -2.47. The molecular weight excluding hydrogens is 256 g/mol. The van der Waals surface area contributed by atoms with Crippen LogP contribution in [-0.4, -0.2) is 38.6 Å². The first-order valence-corrected chi connectivity index (χ1v) is 5.89. The molecule has 0 atom stereocenters. The number of carbonyl (C=O) groups excluding carboxylic acids is 2. The fraction of sp³-hybridized carbons (Fsp3) is 0.333. The smallest absolute Gasteiger partial charge is 0.339 e. The van der Waals surface area contributed by atoms with Crippen molar-refractivity contribution in [3.63, 3.8) is 0 Å². The number of hydrogen-bond donors (Lipinski definition) is 1. The molecule has 1 aromatic carbocycles. The van der Waals surface area contributed by atoms with E-state index in [1.807, 2.05) is 4.90 Å². The zero-order valence-electron chi connectivity index (χ0n) is 9.90. The summed E-state index contributed by atoms with van der Waals surface area (Å²) < 4.78 is 4.66. The Morgan fingerprint density at radius 2 is 2.28 bits per heavy atom. The molecule has 6 heteroatoms. The number of benzene rings is 1. The number of methoxy groups -OCH3 is 1. The van der Waals surface area contributed by atoms with Crippen LogP contribution in [0.4, 0.5) is 5.69 Å². The van der Waals surface area contributed by atoms with E-state index < -0.39 is 5.97 Å². The molecule has 0 radical (unpaired) electrons. The van der Waals surface area contributed by atoms with E-state index in [4.69, 9.17) is 11.6 Å². The van der Waals surface area contributed by atoms with Crippen molar-refractivity contribution in [1.29, 1.82) is 0 Å². The highest BCUT2D eigenvalue weighted by Crippen LogP contribution is 2.29. The summed E-state index contributed by atoms with van der Waals surface area (Å²) in [6, 6.07) is 5.11. The van der Waals surface area contributed by atoms with E-state index in [1.54, 1.807) is 18.2 Å². The zero-order valence-corrected chi connectivity index (χ0v) is 10.7. The monoisotopic (exact) mass is 268 g/mol. The van der Waals surface area contributed by atoms with Crippen LogP contribution in [0.3, 0.4) is 0 Å². The van der Waals surface area contributed by atoms with E-state index in [0.717, 1.165) is 0 Å². The Kier molecular flexibility index (Phi) is 3.72. The number of carbonyl (C=O) groups is 2. The first-order valence-electron chi connectivity index (χ1n) is 5.52. The van der Waals surface area contributed by atoms with Gasteiger partial charge in [0.15, 0.2) is 0 Å². The molecule has 96 valence electrons. The van der Waals surface area contributed by atoms with Gasteiger partial charge in [-0.2, -0.15) is 0 Å². The van der Waals surface area contributed by atoms with Crippen molar-refractivity contribution in [3.8, 4) is 0 Å².